The number of fused-ring (bicyclic) bond motifs is 20. The zero-order valence-corrected chi connectivity index (χ0v) is 39.6. The van der Waals surface area contributed by atoms with Crippen LogP contribution in [0, 0.1) is 0 Å². The molecule has 0 saturated heterocycles. The van der Waals surface area contributed by atoms with Crippen LogP contribution in [0.5, 0.6) is 0 Å². The molecule has 324 valence electrons. The van der Waals surface area contributed by atoms with Gasteiger partial charge in [-0.15, -0.1) is 0 Å². The Hall–Kier alpha value is -6.76. The minimum atomic E-state index is -1.41. The smallest absolute Gasteiger partial charge is 0.423 e. The summed E-state index contributed by atoms with van der Waals surface area (Å²) in [5.74, 6) is 0. The summed E-state index contributed by atoms with van der Waals surface area (Å²) in [6, 6.07) is 81.4. The molecule has 0 amide bonds. The Kier molecular flexibility index (Phi) is 10.5. The normalized spacial score (nSPS) is 13.6. The monoisotopic (exact) mass is 976 g/mol. The van der Waals surface area contributed by atoms with E-state index in [1.54, 1.807) is 24.3 Å². The third kappa shape index (κ3) is 6.26. The van der Waals surface area contributed by atoms with Crippen molar-refractivity contribution in [2.45, 2.75) is 10.8 Å². The van der Waals surface area contributed by atoms with Crippen LogP contribution in [0.3, 0.4) is 0 Å². The number of rotatable bonds is 2. The third-order valence-corrected chi connectivity index (χ3v) is 15.5. The summed E-state index contributed by atoms with van der Waals surface area (Å²) < 4.78 is 1.18. The molecule has 0 aliphatic heterocycles. The van der Waals surface area contributed by atoms with Crippen molar-refractivity contribution >= 4 is 51.7 Å². The van der Waals surface area contributed by atoms with Crippen LogP contribution in [-0.4, -0.2) is 17.2 Å². The lowest BCUT2D eigenvalue weighted by Crippen LogP contribution is -2.29. The third-order valence-electron chi connectivity index (χ3n) is 14.3. The fourth-order valence-electron chi connectivity index (χ4n) is 11.8. The van der Waals surface area contributed by atoms with E-state index < -0.39 is 7.12 Å². The SMILES string of the molecule is Brc1cccc2c1C1(c3ccccc3-c3ccccc31)c1ccccc1-2.Clc1ccc(-c2cccc3c2C2(c4ccccc4-c4ccccc42)c2ccccc2-3)cc1.OB(O)c1ccc(Cl)cc1. The zero-order chi connectivity index (χ0) is 46.1. The van der Waals surface area contributed by atoms with Crippen molar-refractivity contribution in [3.05, 3.63) is 290 Å². The Morgan fingerprint density at radius 1 is 0.309 bits per heavy atom. The number of halogens is 3. The second-order valence-corrected chi connectivity index (χ2v) is 19.3. The van der Waals surface area contributed by atoms with Crippen molar-refractivity contribution in [2.75, 3.05) is 0 Å². The van der Waals surface area contributed by atoms with Crippen LogP contribution >= 0.6 is 39.1 Å². The van der Waals surface area contributed by atoms with Crippen molar-refractivity contribution in [2.24, 2.45) is 0 Å². The summed E-state index contributed by atoms with van der Waals surface area (Å²) in [4.78, 5) is 0. The lowest BCUT2D eigenvalue weighted by molar-refractivity contribution is 0.426. The van der Waals surface area contributed by atoms with Gasteiger partial charge in [0.1, 0.15) is 0 Å². The minimum Gasteiger partial charge on any atom is -0.423 e. The van der Waals surface area contributed by atoms with Gasteiger partial charge in [0, 0.05) is 14.5 Å². The fourth-order valence-corrected chi connectivity index (χ4v) is 12.7. The van der Waals surface area contributed by atoms with Crippen molar-refractivity contribution in [1.29, 1.82) is 0 Å². The Morgan fingerprint density at radius 2 is 0.603 bits per heavy atom. The number of hydrogen-bond donors (Lipinski definition) is 2. The predicted octanol–water partition coefficient (Wildman–Crippen LogP) is 15.2. The average molecular weight is 979 g/mol. The van der Waals surface area contributed by atoms with Crippen LogP contribution in [0.15, 0.2) is 235 Å². The quantitative estimate of drug-likeness (QED) is 0.170. The van der Waals surface area contributed by atoms with E-state index in [9.17, 15) is 0 Å². The van der Waals surface area contributed by atoms with Gasteiger partial charge in [0.05, 0.1) is 10.8 Å². The van der Waals surface area contributed by atoms with Gasteiger partial charge < -0.3 is 10.0 Å². The number of benzene rings is 10. The van der Waals surface area contributed by atoms with E-state index >= 15 is 0 Å². The van der Waals surface area contributed by atoms with Gasteiger partial charge >= 0.3 is 7.12 Å². The van der Waals surface area contributed by atoms with Gasteiger partial charge in [-0.1, -0.05) is 239 Å². The summed E-state index contributed by atoms with van der Waals surface area (Å²) in [6.07, 6.45) is 0. The van der Waals surface area contributed by atoms with Crippen molar-refractivity contribution in [1.82, 2.24) is 0 Å². The molecule has 4 aliphatic rings. The van der Waals surface area contributed by atoms with Gasteiger partial charge in [-0.05, 0) is 136 Å². The molecule has 10 aromatic rings. The van der Waals surface area contributed by atoms with Gasteiger partial charge in [0.15, 0.2) is 0 Å². The highest BCUT2D eigenvalue weighted by Gasteiger charge is 2.54. The molecule has 2 spiro atoms. The molecule has 14 rings (SSSR count). The van der Waals surface area contributed by atoms with Crippen molar-refractivity contribution in [3.8, 4) is 55.6 Å². The van der Waals surface area contributed by atoms with E-state index in [-0.39, 0.29) is 10.8 Å². The topological polar surface area (TPSA) is 40.5 Å². The molecule has 0 atom stereocenters. The van der Waals surface area contributed by atoms with E-state index in [0.717, 1.165) is 5.02 Å². The average Bonchev–Trinajstić information content (AvgIpc) is 4.07. The summed E-state index contributed by atoms with van der Waals surface area (Å²) in [7, 11) is -1.41. The van der Waals surface area contributed by atoms with Gasteiger partial charge in [0.25, 0.3) is 0 Å². The lowest BCUT2D eigenvalue weighted by atomic mass is 9.68. The molecule has 6 heteroatoms. The summed E-state index contributed by atoms with van der Waals surface area (Å²) in [5, 5.41) is 18.6. The minimum absolute atomic E-state index is 0.237. The van der Waals surface area contributed by atoms with Gasteiger partial charge in [0.2, 0.25) is 0 Å². The molecule has 10 aromatic carbocycles. The summed E-state index contributed by atoms with van der Waals surface area (Å²) in [5.41, 5.74) is 24.0. The van der Waals surface area contributed by atoms with Gasteiger partial charge in [-0.3, -0.25) is 0 Å². The summed E-state index contributed by atoms with van der Waals surface area (Å²) >= 11 is 15.7. The molecule has 0 saturated carbocycles. The Balaban J connectivity index is 0.000000119. The van der Waals surface area contributed by atoms with E-state index in [0.29, 0.717) is 10.5 Å². The molecular formula is C62H40BBrCl2O2. The van der Waals surface area contributed by atoms with Gasteiger partial charge in [-0.25, -0.2) is 0 Å². The molecular weight excluding hydrogens is 938 g/mol. The lowest BCUT2D eigenvalue weighted by Gasteiger charge is -2.32. The molecule has 0 unspecified atom stereocenters. The molecule has 2 nitrogen and oxygen atoms in total. The molecule has 68 heavy (non-hydrogen) atoms. The standard InChI is InChI=1S/C31H19Cl.C25H15Br.C6H6BClO2/c32-21-18-16-20(17-19-21)22-11-7-12-26-25-10-3-6-15-29(25)31(30(22)26)27-13-4-1-8-23(27)24-9-2-5-14-28(24)31;26-23-15-7-11-19-18-10-3-6-14-22(18)25(24(19)23)20-12-4-1-8-16(20)17-9-2-5-13-21(17)25;8-6-3-1-5(2-4-6)7(9)10/h1-19H;1-15H;1-4,9-10H. The van der Waals surface area contributed by atoms with Crippen LogP contribution < -0.4 is 5.46 Å². The summed E-state index contributed by atoms with van der Waals surface area (Å²) in [6.45, 7) is 0. The van der Waals surface area contributed by atoms with Crippen LogP contribution in [0.4, 0.5) is 0 Å². The molecule has 0 heterocycles. The predicted molar refractivity (Wildman–Crippen MR) is 285 cm³/mol. The Bertz CT molecular complexity index is 3480. The van der Waals surface area contributed by atoms with Crippen molar-refractivity contribution < 1.29 is 10.0 Å². The first-order valence-electron chi connectivity index (χ1n) is 22.7. The highest BCUT2D eigenvalue weighted by atomic mass is 79.9. The first-order valence-corrected chi connectivity index (χ1v) is 24.3. The van der Waals surface area contributed by atoms with Crippen LogP contribution in [-0.2, 0) is 10.8 Å². The maximum absolute atomic E-state index is 8.63. The van der Waals surface area contributed by atoms with E-state index in [1.165, 1.54) is 105 Å². The molecule has 0 fully saturated rings. The molecule has 2 N–H and O–H groups in total. The largest absolute Gasteiger partial charge is 0.488 e. The maximum atomic E-state index is 8.63. The van der Waals surface area contributed by atoms with Crippen LogP contribution in [0.1, 0.15) is 44.5 Å². The maximum Gasteiger partial charge on any atom is 0.488 e. The van der Waals surface area contributed by atoms with E-state index in [2.05, 4.69) is 210 Å². The second-order valence-electron chi connectivity index (χ2n) is 17.6. The highest BCUT2D eigenvalue weighted by Crippen LogP contribution is 2.66. The number of hydrogen-bond acceptors (Lipinski definition) is 2. The van der Waals surface area contributed by atoms with Gasteiger partial charge in [-0.2, -0.15) is 0 Å². The van der Waals surface area contributed by atoms with Crippen LogP contribution in [0.25, 0.3) is 55.6 Å². The molecule has 0 aromatic heterocycles. The van der Waals surface area contributed by atoms with E-state index in [4.69, 9.17) is 33.2 Å². The Morgan fingerprint density at radius 3 is 1.00 bits per heavy atom. The Labute approximate surface area is 415 Å². The molecule has 0 bridgehead atoms. The molecule has 4 aliphatic carbocycles. The van der Waals surface area contributed by atoms with Crippen molar-refractivity contribution in [3.63, 3.8) is 0 Å². The second kappa shape index (κ2) is 16.8. The molecule has 0 radical (unpaired) electrons. The zero-order valence-electron chi connectivity index (χ0n) is 36.5. The highest BCUT2D eigenvalue weighted by molar-refractivity contribution is 9.10. The van der Waals surface area contributed by atoms with Crippen LogP contribution in [0.2, 0.25) is 10.0 Å². The first-order chi connectivity index (χ1) is 33.3. The first kappa shape index (κ1) is 42.6. The fraction of sp³-hybridized carbons (Fsp3) is 0.0323. The van der Waals surface area contributed by atoms with E-state index in [1.807, 2.05) is 12.1 Å².